The zero-order valence-corrected chi connectivity index (χ0v) is 16.6. The fourth-order valence-corrected chi connectivity index (χ4v) is 4.13. The quantitative estimate of drug-likeness (QED) is 0.495. The number of rotatable bonds is 4. The number of anilines is 1. The Morgan fingerprint density at radius 3 is 2.56 bits per heavy atom. The maximum Gasteiger partial charge on any atom is 0.230 e. The molecule has 0 spiro atoms. The normalized spacial score (nSPS) is 11.1. The molecule has 0 aliphatic heterocycles. The number of nitrogens with one attached hydrogen (secondary N) is 1. The molecule has 4 aromatic rings. The molecule has 136 valence electrons. The summed E-state index contributed by atoms with van der Waals surface area (Å²) >= 11 is 7.49. The molecule has 0 bridgehead atoms. The van der Waals surface area contributed by atoms with E-state index in [0.29, 0.717) is 11.4 Å². The van der Waals surface area contributed by atoms with Crippen LogP contribution in [0.1, 0.15) is 16.8 Å². The zero-order chi connectivity index (χ0) is 19.0. The third-order valence-electron chi connectivity index (χ3n) is 4.27. The van der Waals surface area contributed by atoms with Gasteiger partial charge in [0.2, 0.25) is 5.91 Å². The number of carbonyl (C=O) groups is 1. The Bertz CT molecular complexity index is 1110. The van der Waals surface area contributed by atoms with Gasteiger partial charge in [0.25, 0.3) is 0 Å². The maximum atomic E-state index is 12.5. The summed E-state index contributed by atoms with van der Waals surface area (Å²) in [6, 6.07) is 13.6. The van der Waals surface area contributed by atoms with Gasteiger partial charge in [-0.15, -0.1) is 11.3 Å². The number of hydrogen-bond acceptors (Lipinski definition) is 3. The van der Waals surface area contributed by atoms with Crippen LogP contribution in [0, 0.1) is 13.8 Å². The van der Waals surface area contributed by atoms with Crippen molar-refractivity contribution in [3.8, 4) is 11.3 Å². The summed E-state index contributed by atoms with van der Waals surface area (Å²) in [5.41, 5.74) is 5.88. The van der Waals surface area contributed by atoms with Crippen LogP contribution in [0.4, 0.5) is 5.69 Å². The summed E-state index contributed by atoms with van der Waals surface area (Å²) in [4.78, 5) is 18.0. The van der Waals surface area contributed by atoms with Gasteiger partial charge in [-0.2, -0.15) is 0 Å². The predicted molar refractivity (Wildman–Crippen MR) is 112 cm³/mol. The lowest BCUT2D eigenvalue weighted by Gasteiger charge is -2.07. The molecular weight excluding hydrogens is 378 g/mol. The molecule has 4 rings (SSSR count). The van der Waals surface area contributed by atoms with Gasteiger partial charge < -0.3 is 5.32 Å². The molecule has 1 N–H and O–H groups in total. The van der Waals surface area contributed by atoms with Gasteiger partial charge in [0.05, 0.1) is 12.1 Å². The molecule has 1 amide bonds. The van der Waals surface area contributed by atoms with Gasteiger partial charge >= 0.3 is 0 Å². The minimum Gasteiger partial charge on any atom is -0.326 e. The van der Waals surface area contributed by atoms with E-state index in [1.54, 1.807) is 0 Å². The number of nitrogens with zero attached hydrogens (tertiary/aromatic N) is 2. The molecule has 2 aromatic carbocycles. The van der Waals surface area contributed by atoms with Crippen molar-refractivity contribution in [1.82, 2.24) is 9.38 Å². The lowest BCUT2D eigenvalue weighted by atomic mass is 10.1. The van der Waals surface area contributed by atoms with Crippen molar-refractivity contribution in [2.75, 3.05) is 5.32 Å². The van der Waals surface area contributed by atoms with Crippen molar-refractivity contribution in [2.45, 2.75) is 20.3 Å². The molecule has 4 nitrogen and oxygen atoms in total. The van der Waals surface area contributed by atoms with Crippen molar-refractivity contribution in [3.05, 3.63) is 75.9 Å². The Balaban J connectivity index is 1.55. The largest absolute Gasteiger partial charge is 0.326 e. The third-order valence-corrected chi connectivity index (χ3v) is 5.41. The molecule has 2 aromatic heterocycles. The summed E-state index contributed by atoms with van der Waals surface area (Å²) in [5, 5.41) is 5.67. The van der Waals surface area contributed by atoms with E-state index in [2.05, 4.69) is 16.4 Å². The number of benzene rings is 2. The summed E-state index contributed by atoms with van der Waals surface area (Å²) in [6.07, 6.45) is 2.26. The lowest BCUT2D eigenvalue weighted by molar-refractivity contribution is -0.115. The molecule has 0 atom stereocenters. The SMILES string of the molecule is Cc1cc(C)cc(NC(=O)Cc2csc3nc(-c4ccc(Cl)cc4)cn23)c1. The number of amides is 1. The summed E-state index contributed by atoms with van der Waals surface area (Å²) in [5.74, 6) is -0.0403. The van der Waals surface area contributed by atoms with Gasteiger partial charge in [-0.05, 0) is 49.2 Å². The molecule has 6 heteroatoms. The van der Waals surface area contributed by atoms with Crippen LogP contribution in [0.2, 0.25) is 5.02 Å². The number of fused-ring (bicyclic) bond motifs is 1. The second kappa shape index (κ2) is 7.18. The maximum absolute atomic E-state index is 12.5. The Labute approximate surface area is 166 Å². The molecule has 0 radical (unpaired) electrons. The van der Waals surface area contributed by atoms with E-state index >= 15 is 0 Å². The summed E-state index contributed by atoms with van der Waals surface area (Å²) in [7, 11) is 0. The Morgan fingerprint density at radius 1 is 1.15 bits per heavy atom. The molecule has 27 heavy (non-hydrogen) atoms. The smallest absolute Gasteiger partial charge is 0.230 e. The van der Waals surface area contributed by atoms with E-state index < -0.39 is 0 Å². The average Bonchev–Trinajstić information content (AvgIpc) is 3.16. The van der Waals surface area contributed by atoms with Crippen LogP contribution < -0.4 is 5.32 Å². The van der Waals surface area contributed by atoms with Crippen LogP contribution in [0.5, 0.6) is 0 Å². The highest BCUT2D eigenvalue weighted by Gasteiger charge is 2.13. The van der Waals surface area contributed by atoms with E-state index in [-0.39, 0.29) is 5.91 Å². The standard InChI is InChI=1S/C21H18ClN3OS/c1-13-7-14(2)9-17(8-13)23-20(26)10-18-12-27-21-24-19(11-25(18)21)15-3-5-16(22)6-4-15/h3-9,11-12H,10H2,1-2H3,(H,23,26). The number of halogens is 1. The molecule has 0 saturated carbocycles. The van der Waals surface area contributed by atoms with Gasteiger partial charge in [-0.25, -0.2) is 4.98 Å². The lowest BCUT2D eigenvalue weighted by Crippen LogP contribution is -2.15. The highest BCUT2D eigenvalue weighted by molar-refractivity contribution is 7.15. The Kier molecular flexibility index (Phi) is 4.72. The topological polar surface area (TPSA) is 46.4 Å². The van der Waals surface area contributed by atoms with Crippen molar-refractivity contribution >= 4 is 39.5 Å². The van der Waals surface area contributed by atoms with Crippen molar-refractivity contribution in [1.29, 1.82) is 0 Å². The first kappa shape index (κ1) is 17.8. The molecule has 0 aliphatic carbocycles. The predicted octanol–water partition coefficient (Wildman–Crippen LogP) is 5.51. The minimum atomic E-state index is -0.0403. The van der Waals surface area contributed by atoms with E-state index in [1.807, 2.05) is 66.2 Å². The van der Waals surface area contributed by atoms with Gasteiger partial charge in [0, 0.05) is 33.5 Å². The molecular formula is C21H18ClN3OS. The molecule has 0 saturated heterocycles. The Hall–Kier alpha value is -2.63. The highest BCUT2D eigenvalue weighted by Crippen LogP contribution is 2.25. The monoisotopic (exact) mass is 395 g/mol. The van der Waals surface area contributed by atoms with Crippen molar-refractivity contribution < 1.29 is 4.79 Å². The molecule has 2 heterocycles. The number of carbonyl (C=O) groups excluding carboxylic acids is 1. The van der Waals surface area contributed by atoms with Gasteiger partial charge in [-0.1, -0.05) is 29.8 Å². The van der Waals surface area contributed by atoms with Crippen LogP contribution in [-0.2, 0) is 11.2 Å². The fraction of sp³-hybridized carbons (Fsp3) is 0.143. The first-order chi connectivity index (χ1) is 13.0. The van der Waals surface area contributed by atoms with E-state index in [0.717, 1.165) is 38.7 Å². The van der Waals surface area contributed by atoms with E-state index in [4.69, 9.17) is 11.6 Å². The summed E-state index contributed by atoms with van der Waals surface area (Å²) < 4.78 is 1.98. The van der Waals surface area contributed by atoms with E-state index in [1.165, 1.54) is 11.3 Å². The molecule has 0 unspecified atom stereocenters. The van der Waals surface area contributed by atoms with Gasteiger partial charge in [0.15, 0.2) is 4.96 Å². The van der Waals surface area contributed by atoms with Crippen LogP contribution in [0.3, 0.4) is 0 Å². The summed E-state index contributed by atoms with van der Waals surface area (Å²) in [6.45, 7) is 4.05. The number of aryl methyl sites for hydroxylation is 2. The fourth-order valence-electron chi connectivity index (χ4n) is 3.13. The van der Waals surface area contributed by atoms with Crippen LogP contribution in [0.25, 0.3) is 16.2 Å². The van der Waals surface area contributed by atoms with E-state index in [9.17, 15) is 4.79 Å². The Morgan fingerprint density at radius 2 is 1.85 bits per heavy atom. The zero-order valence-electron chi connectivity index (χ0n) is 15.0. The van der Waals surface area contributed by atoms with Gasteiger partial charge in [0.1, 0.15) is 0 Å². The second-order valence-corrected chi connectivity index (χ2v) is 7.89. The van der Waals surface area contributed by atoms with Crippen LogP contribution >= 0.6 is 22.9 Å². The number of thiazole rings is 1. The minimum absolute atomic E-state index is 0.0403. The average molecular weight is 396 g/mol. The molecule has 0 fully saturated rings. The van der Waals surface area contributed by atoms with Crippen LogP contribution in [0.15, 0.2) is 54.0 Å². The first-order valence-electron chi connectivity index (χ1n) is 8.57. The number of hydrogen-bond donors (Lipinski definition) is 1. The number of aromatic nitrogens is 2. The molecule has 0 aliphatic rings. The van der Waals surface area contributed by atoms with Crippen LogP contribution in [-0.4, -0.2) is 15.3 Å². The number of imidazole rings is 1. The third kappa shape index (κ3) is 3.89. The first-order valence-corrected chi connectivity index (χ1v) is 9.83. The van der Waals surface area contributed by atoms with Gasteiger partial charge in [-0.3, -0.25) is 9.20 Å². The highest BCUT2D eigenvalue weighted by atomic mass is 35.5. The second-order valence-electron chi connectivity index (χ2n) is 6.61. The van der Waals surface area contributed by atoms with Crippen molar-refractivity contribution in [3.63, 3.8) is 0 Å². The van der Waals surface area contributed by atoms with Crippen molar-refractivity contribution in [2.24, 2.45) is 0 Å².